The number of nitrogens with zero attached hydrogens (tertiary/aromatic N) is 1. The van der Waals surface area contributed by atoms with Gasteiger partial charge in [0.15, 0.2) is 0 Å². The average Bonchev–Trinajstić information content (AvgIpc) is 2.53. The van der Waals surface area contributed by atoms with Gasteiger partial charge in [0.25, 0.3) is 0 Å². The van der Waals surface area contributed by atoms with E-state index in [-0.39, 0.29) is 5.41 Å². The van der Waals surface area contributed by atoms with Crippen molar-refractivity contribution in [3.8, 4) is 6.07 Å². The molecule has 0 saturated heterocycles. The summed E-state index contributed by atoms with van der Waals surface area (Å²) in [6, 6.07) is 6.86. The molecule has 0 heterocycles. The average molecular weight is 289 g/mol. The maximum Gasteiger partial charge on any atom is 0.0988 e. The molecule has 1 heteroatoms. The van der Waals surface area contributed by atoms with Crippen molar-refractivity contribution in [3.05, 3.63) is 64.3 Å². The van der Waals surface area contributed by atoms with Gasteiger partial charge in [0, 0.05) is 11.5 Å². The Morgan fingerprint density at radius 2 is 2.00 bits per heavy atom. The summed E-state index contributed by atoms with van der Waals surface area (Å²) in [5, 5.41) is 8.99. The van der Waals surface area contributed by atoms with E-state index in [0.717, 1.165) is 24.8 Å². The lowest BCUT2D eigenvalue weighted by Gasteiger charge is -2.29. The van der Waals surface area contributed by atoms with E-state index in [1.165, 1.54) is 22.3 Å². The first kappa shape index (κ1) is 14.9. The topological polar surface area (TPSA) is 23.8 Å². The lowest BCUT2D eigenvalue weighted by Crippen LogP contribution is -2.17. The summed E-state index contributed by atoms with van der Waals surface area (Å²) in [6.45, 7) is 6.85. The third-order valence-corrected chi connectivity index (χ3v) is 4.68. The largest absolute Gasteiger partial charge is 0.192 e. The summed E-state index contributed by atoms with van der Waals surface area (Å²) < 4.78 is 0. The monoisotopic (exact) mass is 289 g/mol. The van der Waals surface area contributed by atoms with Gasteiger partial charge in [-0.2, -0.15) is 5.26 Å². The lowest BCUT2D eigenvalue weighted by atomic mass is 9.76. The molecule has 22 heavy (non-hydrogen) atoms. The number of rotatable bonds is 1. The van der Waals surface area contributed by atoms with Crippen molar-refractivity contribution in [1.29, 1.82) is 5.26 Å². The zero-order valence-corrected chi connectivity index (χ0v) is 13.7. The molecule has 0 bridgehead atoms. The molecule has 112 valence electrons. The molecular weight excluding hydrogens is 266 g/mol. The van der Waals surface area contributed by atoms with Crippen LogP contribution < -0.4 is 0 Å². The number of hydrogen-bond donors (Lipinski definition) is 0. The third kappa shape index (κ3) is 2.66. The van der Waals surface area contributed by atoms with Crippen LogP contribution in [0.1, 0.15) is 61.8 Å². The molecule has 0 amide bonds. The van der Waals surface area contributed by atoms with Crippen LogP contribution in [-0.2, 0) is 11.8 Å². The zero-order valence-electron chi connectivity index (χ0n) is 13.7. The summed E-state index contributed by atoms with van der Waals surface area (Å²) >= 11 is 0. The Morgan fingerprint density at radius 1 is 1.18 bits per heavy atom. The molecule has 1 aromatic rings. The van der Waals surface area contributed by atoms with Crippen molar-refractivity contribution in [2.75, 3.05) is 0 Å². The molecule has 0 aliphatic heterocycles. The SMILES string of the molecule is CC(C)(C)c1ccc(C2C=CC(C#N)=CC2)c2c1C=CCC2. The normalized spacial score (nSPS) is 20.3. The predicted molar refractivity (Wildman–Crippen MR) is 92.7 cm³/mol. The van der Waals surface area contributed by atoms with Crippen molar-refractivity contribution in [2.24, 2.45) is 0 Å². The van der Waals surface area contributed by atoms with Gasteiger partial charge in [-0.3, -0.25) is 0 Å². The lowest BCUT2D eigenvalue weighted by molar-refractivity contribution is 0.586. The fraction of sp³-hybridized carbons (Fsp3) is 0.381. The first-order chi connectivity index (χ1) is 10.5. The minimum absolute atomic E-state index is 0.167. The van der Waals surface area contributed by atoms with Gasteiger partial charge >= 0.3 is 0 Å². The molecule has 1 unspecified atom stereocenters. The van der Waals surface area contributed by atoms with Crippen LogP contribution in [0.4, 0.5) is 0 Å². The van der Waals surface area contributed by atoms with Gasteiger partial charge in [-0.05, 0) is 53.0 Å². The second kappa shape index (κ2) is 5.61. The van der Waals surface area contributed by atoms with Gasteiger partial charge in [0.1, 0.15) is 0 Å². The summed E-state index contributed by atoms with van der Waals surface area (Å²) in [5.41, 5.74) is 6.78. The van der Waals surface area contributed by atoms with Gasteiger partial charge in [-0.15, -0.1) is 0 Å². The number of benzene rings is 1. The fourth-order valence-electron chi connectivity index (χ4n) is 3.52. The molecule has 1 aromatic carbocycles. The number of nitriles is 1. The highest BCUT2D eigenvalue weighted by molar-refractivity contribution is 5.64. The highest BCUT2D eigenvalue weighted by Crippen LogP contribution is 2.38. The van der Waals surface area contributed by atoms with Crippen LogP contribution in [0.2, 0.25) is 0 Å². The Hall–Kier alpha value is -2.07. The summed E-state index contributed by atoms with van der Waals surface area (Å²) in [7, 11) is 0. The van der Waals surface area contributed by atoms with Crippen LogP contribution in [0.3, 0.4) is 0 Å². The van der Waals surface area contributed by atoms with E-state index in [1.807, 2.05) is 6.08 Å². The van der Waals surface area contributed by atoms with Gasteiger partial charge < -0.3 is 0 Å². The van der Waals surface area contributed by atoms with E-state index in [1.54, 1.807) is 0 Å². The summed E-state index contributed by atoms with van der Waals surface area (Å²) in [5.74, 6) is 0.409. The van der Waals surface area contributed by atoms with E-state index >= 15 is 0 Å². The number of fused-ring (bicyclic) bond motifs is 1. The molecule has 0 spiro atoms. The van der Waals surface area contributed by atoms with E-state index < -0.39 is 0 Å². The molecule has 0 N–H and O–H groups in total. The minimum atomic E-state index is 0.167. The molecule has 0 aromatic heterocycles. The summed E-state index contributed by atoms with van der Waals surface area (Å²) in [6.07, 6.45) is 14.0. The standard InChI is InChI=1S/C21H23N/c1-21(2,3)20-13-12-17(18-6-4-5-7-19(18)20)16-10-8-15(14-22)9-11-16/h5,7-10,12-13,16H,4,6,11H2,1-3H3. The Morgan fingerprint density at radius 3 is 2.64 bits per heavy atom. The van der Waals surface area contributed by atoms with Crippen LogP contribution in [0.5, 0.6) is 0 Å². The van der Waals surface area contributed by atoms with E-state index in [4.69, 9.17) is 5.26 Å². The van der Waals surface area contributed by atoms with Crippen molar-refractivity contribution in [1.82, 2.24) is 0 Å². The zero-order chi connectivity index (χ0) is 15.7. The van der Waals surface area contributed by atoms with E-state index in [0.29, 0.717) is 5.92 Å². The smallest absolute Gasteiger partial charge is 0.0988 e. The molecule has 1 nitrogen and oxygen atoms in total. The quantitative estimate of drug-likeness (QED) is 0.675. The number of hydrogen-bond acceptors (Lipinski definition) is 1. The van der Waals surface area contributed by atoms with Crippen molar-refractivity contribution in [3.63, 3.8) is 0 Å². The highest BCUT2D eigenvalue weighted by Gasteiger charge is 2.24. The van der Waals surface area contributed by atoms with Crippen LogP contribution in [0, 0.1) is 11.3 Å². The van der Waals surface area contributed by atoms with Crippen molar-refractivity contribution >= 4 is 6.08 Å². The van der Waals surface area contributed by atoms with Crippen molar-refractivity contribution < 1.29 is 0 Å². The summed E-state index contributed by atoms with van der Waals surface area (Å²) in [4.78, 5) is 0. The van der Waals surface area contributed by atoms with Gasteiger partial charge in [0.05, 0.1) is 6.07 Å². The van der Waals surface area contributed by atoms with E-state index in [9.17, 15) is 0 Å². The molecule has 0 fully saturated rings. The Labute approximate surface area is 133 Å². The molecule has 0 saturated carbocycles. The van der Waals surface area contributed by atoms with Crippen LogP contribution in [-0.4, -0.2) is 0 Å². The molecule has 0 radical (unpaired) electrons. The van der Waals surface area contributed by atoms with Gasteiger partial charge in [-0.25, -0.2) is 0 Å². The van der Waals surface area contributed by atoms with E-state index in [2.05, 4.69) is 63.3 Å². The van der Waals surface area contributed by atoms with Crippen molar-refractivity contribution in [2.45, 2.75) is 51.4 Å². The molecule has 1 atom stereocenters. The van der Waals surface area contributed by atoms with Gasteiger partial charge in [0.2, 0.25) is 0 Å². The fourth-order valence-corrected chi connectivity index (χ4v) is 3.52. The van der Waals surface area contributed by atoms with Gasteiger partial charge in [-0.1, -0.05) is 57.2 Å². The molecule has 3 rings (SSSR count). The highest BCUT2D eigenvalue weighted by atomic mass is 14.3. The second-order valence-corrected chi connectivity index (χ2v) is 7.26. The minimum Gasteiger partial charge on any atom is -0.192 e. The third-order valence-electron chi connectivity index (χ3n) is 4.68. The Bertz CT molecular complexity index is 717. The molecular formula is C21H23N. The maximum absolute atomic E-state index is 8.99. The Kier molecular flexibility index (Phi) is 3.79. The molecule has 2 aliphatic rings. The second-order valence-electron chi connectivity index (χ2n) is 7.26. The molecule has 2 aliphatic carbocycles. The first-order valence-electron chi connectivity index (χ1n) is 8.12. The predicted octanol–water partition coefficient (Wildman–Crippen LogP) is 5.44. The first-order valence-corrected chi connectivity index (χ1v) is 8.12. The van der Waals surface area contributed by atoms with Crippen LogP contribution >= 0.6 is 0 Å². The van der Waals surface area contributed by atoms with Crippen LogP contribution in [0.15, 0.2) is 42.0 Å². The maximum atomic E-state index is 8.99. The Balaban J connectivity index is 2.05. The van der Waals surface area contributed by atoms with Crippen LogP contribution in [0.25, 0.3) is 6.08 Å². The number of allylic oxidation sites excluding steroid dienone is 5.